The van der Waals surface area contributed by atoms with Gasteiger partial charge in [0.2, 0.25) is 0 Å². The van der Waals surface area contributed by atoms with E-state index in [4.69, 9.17) is 0 Å². The molecule has 0 amide bonds. The van der Waals surface area contributed by atoms with Gasteiger partial charge >= 0.3 is 21.1 Å². The predicted molar refractivity (Wildman–Crippen MR) is 111 cm³/mol. The normalized spacial score (nSPS) is 6.83. The van der Waals surface area contributed by atoms with E-state index in [9.17, 15) is 0 Å². The Labute approximate surface area is 167 Å². The minimum atomic E-state index is 0. The van der Waals surface area contributed by atoms with Crippen molar-refractivity contribution >= 4 is 8.41 Å². The molecule has 137 valence electrons. The Hall–Kier alpha value is -0.0268. The maximum Gasteiger partial charge on any atom is 2.00 e. The van der Waals surface area contributed by atoms with Crippen molar-refractivity contribution in [2.75, 3.05) is 0 Å². The number of hydrogen-bond acceptors (Lipinski definition) is 0. The zero-order valence-electron chi connectivity index (χ0n) is 18.2. The fraction of sp³-hybridized carbons (Fsp3) is 0.667. The van der Waals surface area contributed by atoms with Crippen LogP contribution in [0, 0.1) is 25.3 Å². The van der Waals surface area contributed by atoms with Gasteiger partial charge in [0.1, 0.15) is 0 Å². The van der Waals surface area contributed by atoms with Crippen LogP contribution in [0.2, 0.25) is 0 Å². The molecule has 0 saturated carbocycles. The molecule has 0 aliphatic carbocycles. The summed E-state index contributed by atoms with van der Waals surface area (Å²) in [7, 11) is 0. The smallest absolute Gasteiger partial charge is 0.358 e. The second-order valence-corrected chi connectivity index (χ2v) is 5.21. The Kier molecular flexibility index (Phi) is 81.5. The fourth-order valence-electron chi connectivity index (χ4n) is 0.650. The van der Waals surface area contributed by atoms with Gasteiger partial charge in [0.15, 0.2) is 0 Å². The molecule has 0 unspecified atom stereocenters. The van der Waals surface area contributed by atoms with Gasteiger partial charge in [-0.2, -0.15) is 35.9 Å². The van der Waals surface area contributed by atoms with Crippen LogP contribution in [0.5, 0.6) is 0 Å². The van der Waals surface area contributed by atoms with Gasteiger partial charge in [-0.15, -0.1) is 0 Å². The molecule has 23 heavy (non-hydrogen) atoms. The summed E-state index contributed by atoms with van der Waals surface area (Å²) in [5.74, 6) is 1.67. The van der Waals surface area contributed by atoms with Gasteiger partial charge in [-0.25, -0.2) is 0 Å². The summed E-state index contributed by atoms with van der Waals surface area (Å²) in [5, 5.41) is 0. The molecule has 1 rings (SSSR count). The van der Waals surface area contributed by atoms with Gasteiger partial charge in [0, 0.05) is 8.41 Å². The minimum absolute atomic E-state index is 0. The molecule has 0 spiro atoms. The fourth-order valence-corrected chi connectivity index (χ4v) is 0.650. The minimum Gasteiger partial charge on any atom is -0.358 e. The average Bonchev–Trinajstić information content (AvgIpc) is 2.43. The Balaban J connectivity index is -0.0000000302. The molecule has 0 saturated heterocycles. The van der Waals surface area contributed by atoms with Gasteiger partial charge in [-0.05, 0) is 11.8 Å². The zero-order valence-corrected chi connectivity index (χ0v) is 21.1. The van der Waals surface area contributed by atoms with Gasteiger partial charge in [-0.1, -0.05) is 82.6 Å². The molecule has 0 aliphatic rings. The van der Waals surface area contributed by atoms with Crippen LogP contribution in [-0.4, -0.2) is 8.41 Å². The molecule has 0 fully saturated rings. The van der Waals surface area contributed by atoms with Crippen LogP contribution in [0.3, 0.4) is 0 Å². The molecule has 0 aromatic heterocycles. The van der Waals surface area contributed by atoms with Crippen LogP contribution in [0.1, 0.15) is 81.7 Å². The first-order chi connectivity index (χ1) is 9.40. The molecule has 1 aromatic rings. The summed E-state index contributed by atoms with van der Waals surface area (Å²) in [6.07, 6.45) is 1.08. The Bertz CT molecular complexity index is 209. The van der Waals surface area contributed by atoms with E-state index in [2.05, 4.69) is 60.6 Å². The van der Waals surface area contributed by atoms with Crippen LogP contribution in [0.15, 0.2) is 24.3 Å². The molecule has 0 aliphatic heterocycles. The van der Waals surface area contributed by atoms with Crippen molar-refractivity contribution in [3.05, 3.63) is 43.3 Å². The van der Waals surface area contributed by atoms with Crippen LogP contribution in [-0.2, 0) is 27.5 Å². The Morgan fingerprint density at radius 1 is 0.826 bits per heavy atom. The topological polar surface area (TPSA) is 0 Å². The second-order valence-electron chi connectivity index (χ2n) is 5.21. The maximum absolute atomic E-state index is 3.12. The van der Waals surface area contributed by atoms with Crippen molar-refractivity contribution in [1.82, 2.24) is 0 Å². The van der Waals surface area contributed by atoms with Crippen molar-refractivity contribution in [2.45, 2.75) is 82.6 Å². The van der Waals surface area contributed by atoms with Gasteiger partial charge in [0.05, 0.1) is 0 Å². The molecule has 0 N–H and O–H groups in total. The van der Waals surface area contributed by atoms with E-state index in [-0.39, 0.29) is 36.9 Å². The number of aryl methyl sites for hydroxylation is 1. The molecule has 2 heteroatoms. The van der Waals surface area contributed by atoms with E-state index in [1.807, 2.05) is 45.9 Å². The summed E-state index contributed by atoms with van der Waals surface area (Å²) in [6.45, 7) is 23.1. The molecule has 0 heterocycles. The van der Waals surface area contributed by atoms with E-state index in [0.29, 0.717) is 0 Å². The van der Waals surface area contributed by atoms with Crippen molar-refractivity contribution in [3.8, 4) is 0 Å². The van der Waals surface area contributed by atoms with Crippen molar-refractivity contribution < 1.29 is 21.1 Å². The monoisotopic (exact) mass is 491 g/mol. The van der Waals surface area contributed by atoms with Crippen LogP contribution in [0.4, 0.5) is 0 Å². The third-order valence-electron chi connectivity index (χ3n) is 1.15. The summed E-state index contributed by atoms with van der Waals surface area (Å²) < 4.78 is 0. The maximum atomic E-state index is 3.12. The van der Waals surface area contributed by atoms with Crippen LogP contribution in [0.25, 0.3) is 0 Å². The molecule has 0 atom stereocenters. The first kappa shape index (κ1) is 43.5. The molecule has 0 nitrogen and oxygen atoms in total. The molecular formula is C21H44BW. The van der Waals surface area contributed by atoms with Gasteiger partial charge in [0.25, 0.3) is 0 Å². The summed E-state index contributed by atoms with van der Waals surface area (Å²) in [6, 6.07) is 11.2. The third-order valence-corrected chi connectivity index (χ3v) is 1.15. The summed E-state index contributed by atoms with van der Waals surface area (Å²) in [4.78, 5) is 0. The Morgan fingerprint density at radius 2 is 1.13 bits per heavy atom. The van der Waals surface area contributed by atoms with E-state index < -0.39 is 0 Å². The molecule has 1 aromatic carbocycles. The van der Waals surface area contributed by atoms with E-state index in [0.717, 1.165) is 18.3 Å². The van der Waals surface area contributed by atoms with Crippen LogP contribution < -0.4 is 0 Å². The van der Waals surface area contributed by atoms with E-state index in [1.165, 1.54) is 5.56 Å². The van der Waals surface area contributed by atoms with Crippen molar-refractivity contribution in [2.24, 2.45) is 11.8 Å². The van der Waals surface area contributed by atoms with Crippen molar-refractivity contribution in [1.29, 1.82) is 0 Å². The molecular weight excluding hydrogens is 447 g/mol. The first-order valence-corrected chi connectivity index (χ1v) is 8.35. The zero-order chi connectivity index (χ0) is 17.0. The SMILES string of the molecule is CC.CC.CC(C)C.CC(C)C.CCc1[c-]cccc1.[B].[CH3-].[W+2]. The average molecular weight is 491 g/mol. The van der Waals surface area contributed by atoms with Gasteiger partial charge < -0.3 is 7.43 Å². The third kappa shape index (κ3) is 88.1. The van der Waals surface area contributed by atoms with E-state index in [1.54, 1.807) is 0 Å². The summed E-state index contributed by atoms with van der Waals surface area (Å²) >= 11 is 0. The standard InChI is InChI=1S/C8H9.2C4H10.2C2H6.CH3.B.W/c1-2-8-6-4-3-5-7-8;2*1-4(2)3;2*1-2;;;/h3-6H,2H2,1H3;2*4H,1-3H3;2*1-2H3;1H3;;/q-1;;;;;-1;;+2. The summed E-state index contributed by atoms with van der Waals surface area (Å²) in [5.41, 5.74) is 1.28. The second kappa shape index (κ2) is 43.1. The number of benzene rings is 1. The molecule has 0 bridgehead atoms. The van der Waals surface area contributed by atoms with Gasteiger partial charge in [-0.3, -0.25) is 0 Å². The Morgan fingerprint density at radius 3 is 1.26 bits per heavy atom. The molecule has 3 radical (unpaired) electrons. The van der Waals surface area contributed by atoms with E-state index >= 15 is 0 Å². The predicted octanol–water partition coefficient (Wildman–Crippen LogP) is 7.49. The quantitative estimate of drug-likeness (QED) is 0.282. The largest absolute Gasteiger partial charge is 2.00 e. The van der Waals surface area contributed by atoms with Crippen molar-refractivity contribution in [3.63, 3.8) is 0 Å². The number of rotatable bonds is 1. The van der Waals surface area contributed by atoms with Crippen LogP contribution >= 0.6 is 0 Å². The first-order valence-electron chi connectivity index (χ1n) is 8.35. The number of hydrogen-bond donors (Lipinski definition) is 0.